The lowest BCUT2D eigenvalue weighted by molar-refractivity contribution is -0.142. The van der Waals surface area contributed by atoms with Gasteiger partial charge >= 0.3 is 6.18 Å². The maximum Gasteiger partial charge on any atom is 0.401 e. The topological polar surface area (TPSA) is 42.9 Å². The summed E-state index contributed by atoms with van der Waals surface area (Å²) in [6.07, 6.45) is -3.17. The third kappa shape index (κ3) is 7.76. The van der Waals surface area contributed by atoms with Crippen molar-refractivity contribution in [2.24, 2.45) is 4.99 Å². The number of rotatable bonds is 7. The number of likely N-dealkylation sites (N-methyl/N-ethyl adjacent to an activating group) is 1. The van der Waals surface area contributed by atoms with E-state index in [1.807, 2.05) is 18.2 Å². The lowest BCUT2D eigenvalue weighted by atomic mass is 10.2. The van der Waals surface area contributed by atoms with Gasteiger partial charge in [-0.1, -0.05) is 30.3 Å². The molecule has 1 saturated heterocycles. The number of hydrogen-bond acceptors (Lipinski definition) is 3. The summed E-state index contributed by atoms with van der Waals surface area (Å²) in [7, 11) is 3.14. The van der Waals surface area contributed by atoms with E-state index in [1.54, 1.807) is 7.05 Å². The van der Waals surface area contributed by atoms with Crippen molar-refractivity contribution in [3.05, 3.63) is 35.9 Å². The van der Waals surface area contributed by atoms with Crippen LogP contribution < -0.4 is 10.6 Å². The highest BCUT2D eigenvalue weighted by Gasteiger charge is 2.30. The number of benzene rings is 1. The minimum Gasteiger partial charge on any atom is -0.355 e. The van der Waals surface area contributed by atoms with Gasteiger partial charge < -0.3 is 10.6 Å². The van der Waals surface area contributed by atoms with Gasteiger partial charge in [0.2, 0.25) is 0 Å². The average Bonchev–Trinajstić information content (AvgIpc) is 2.92. The summed E-state index contributed by atoms with van der Waals surface area (Å²) < 4.78 is 37.1. The Bertz CT molecular complexity index is 591. The van der Waals surface area contributed by atoms with Gasteiger partial charge in [-0.05, 0) is 26.0 Å². The molecule has 0 amide bonds. The Hall–Kier alpha value is -1.80. The molecule has 1 aromatic rings. The number of halogens is 3. The van der Waals surface area contributed by atoms with Crippen molar-refractivity contribution >= 4 is 5.96 Å². The summed E-state index contributed by atoms with van der Waals surface area (Å²) >= 11 is 0. The first kappa shape index (κ1) is 21.5. The SMILES string of the molecule is CN=C(NCCN(C)CC(F)(F)F)NC1CC(C)N(Cc2ccccc2)C1. The summed E-state index contributed by atoms with van der Waals surface area (Å²) in [4.78, 5) is 7.87. The van der Waals surface area contributed by atoms with Crippen LogP contribution in [-0.2, 0) is 6.54 Å². The molecule has 2 N–H and O–H groups in total. The van der Waals surface area contributed by atoms with E-state index in [0.29, 0.717) is 25.1 Å². The highest BCUT2D eigenvalue weighted by atomic mass is 19.4. The lowest BCUT2D eigenvalue weighted by Crippen LogP contribution is -2.46. The van der Waals surface area contributed by atoms with E-state index >= 15 is 0 Å². The van der Waals surface area contributed by atoms with Crippen LogP contribution in [-0.4, -0.2) is 74.3 Å². The fourth-order valence-electron chi connectivity index (χ4n) is 3.38. The minimum absolute atomic E-state index is 0.266. The van der Waals surface area contributed by atoms with Gasteiger partial charge in [0, 0.05) is 45.3 Å². The fraction of sp³-hybridized carbons (Fsp3) is 0.632. The minimum atomic E-state index is -4.17. The van der Waals surface area contributed by atoms with Crippen molar-refractivity contribution in [1.29, 1.82) is 0 Å². The van der Waals surface area contributed by atoms with E-state index in [1.165, 1.54) is 17.5 Å². The zero-order valence-corrected chi connectivity index (χ0v) is 16.3. The molecule has 0 radical (unpaired) electrons. The number of aliphatic imine (C=N–C) groups is 1. The Balaban J connectivity index is 1.74. The number of hydrogen-bond donors (Lipinski definition) is 2. The largest absolute Gasteiger partial charge is 0.401 e. The molecule has 2 rings (SSSR count). The number of guanidine groups is 1. The van der Waals surface area contributed by atoms with Crippen LogP contribution in [0.3, 0.4) is 0 Å². The van der Waals surface area contributed by atoms with Gasteiger partial charge in [0.15, 0.2) is 5.96 Å². The second-order valence-electron chi connectivity index (χ2n) is 7.19. The average molecular weight is 385 g/mol. The number of likely N-dealkylation sites (tertiary alicyclic amines) is 1. The Morgan fingerprint density at radius 1 is 1.30 bits per heavy atom. The van der Waals surface area contributed by atoms with Crippen molar-refractivity contribution in [3.8, 4) is 0 Å². The third-order valence-corrected chi connectivity index (χ3v) is 4.73. The highest BCUT2D eigenvalue weighted by molar-refractivity contribution is 5.80. The van der Waals surface area contributed by atoms with Crippen LogP contribution in [0.5, 0.6) is 0 Å². The van der Waals surface area contributed by atoms with E-state index in [4.69, 9.17) is 0 Å². The molecule has 27 heavy (non-hydrogen) atoms. The zero-order valence-electron chi connectivity index (χ0n) is 16.3. The first-order chi connectivity index (χ1) is 12.8. The molecule has 0 saturated carbocycles. The zero-order chi connectivity index (χ0) is 19.9. The molecule has 152 valence electrons. The van der Waals surface area contributed by atoms with Crippen LogP contribution >= 0.6 is 0 Å². The predicted molar refractivity (Wildman–Crippen MR) is 103 cm³/mol. The van der Waals surface area contributed by atoms with Crippen LogP contribution in [0.1, 0.15) is 18.9 Å². The van der Waals surface area contributed by atoms with Crippen molar-refractivity contribution in [1.82, 2.24) is 20.4 Å². The molecule has 1 aliphatic heterocycles. The van der Waals surface area contributed by atoms with Crippen molar-refractivity contribution < 1.29 is 13.2 Å². The molecular formula is C19H30F3N5. The van der Waals surface area contributed by atoms with E-state index in [9.17, 15) is 13.2 Å². The van der Waals surface area contributed by atoms with Crippen molar-refractivity contribution in [3.63, 3.8) is 0 Å². The van der Waals surface area contributed by atoms with Gasteiger partial charge in [0.1, 0.15) is 0 Å². The maximum atomic E-state index is 12.4. The van der Waals surface area contributed by atoms with Gasteiger partial charge in [0.25, 0.3) is 0 Å². The summed E-state index contributed by atoms with van der Waals surface area (Å²) in [6.45, 7) is 3.82. The van der Waals surface area contributed by atoms with Crippen LogP contribution in [0.25, 0.3) is 0 Å². The second-order valence-corrected chi connectivity index (χ2v) is 7.19. The first-order valence-electron chi connectivity index (χ1n) is 9.27. The maximum absolute atomic E-state index is 12.4. The highest BCUT2D eigenvalue weighted by Crippen LogP contribution is 2.20. The van der Waals surface area contributed by atoms with Gasteiger partial charge in [-0.3, -0.25) is 14.8 Å². The first-order valence-corrected chi connectivity index (χ1v) is 9.27. The fourth-order valence-corrected chi connectivity index (χ4v) is 3.38. The standard InChI is InChI=1S/C19H30F3N5/c1-15-11-17(13-27(15)12-16-7-5-4-6-8-16)25-18(23-2)24-9-10-26(3)14-19(20,21)22/h4-8,15,17H,9-14H2,1-3H3,(H2,23,24,25). The van der Waals surface area contributed by atoms with E-state index in [0.717, 1.165) is 19.5 Å². The smallest absolute Gasteiger partial charge is 0.355 e. The summed E-state index contributed by atoms with van der Waals surface area (Å²) in [5, 5.41) is 6.49. The molecular weight excluding hydrogens is 355 g/mol. The Labute approximate surface area is 159 Å². The Kier molecular flexibility index (Phi) is 7.91. The van der Waals surface area contributed by atoms with Crippen molar-refractivity contribution in [2.75, 3.05) is 40.3 Å². The molecule has 1 fully saturated rings. The quantitative estimate of drug-likeness (QED) is 0.558. The van der Waals surface area contributed by atoms with Gasteiger partial charge in [-0.2, -0.15) is 13.2 Å². The number of nitrogens with one attached hydrogen (secondary N) is 2. The predicted octanol–water partition coefficient (Wildman–Crippen LogP) is 2.31. The van der Waals surface area contributed by atoms with Crippen LogP contribution in [0.2, 0.25) is 0 Å². The summed E-state index contributed by atoms with van der Waals surface area (Å²) in [6, 6.07) is 11.1. The van der Waals surface area contributed by atoms with E-state index in [2.05, 4.69) is 39.6 Å². The van der Waals surface area contributed by atoms with Gasteiger partial charge in [0.05, 0.1) is 6.54 Å². The molecule has 0 spiro atoms. The third-order valence-electron chi connectivity index (χ3n) is 4.73. The van der Waals surface area contributed by atoms with Crippen LogP contribution in [0.4, 0.5) is 13.2 Å². The Morgan fingerprint density at radius 3 is 2.63 bits per heavy atom. The number of nitrogens with zero attached hydrogens (tertiary/aromatic N) is 3. The number of alkyl halides is 3. The normalized spacial score (nSPS) is 21.7. The molecule has 5 nitrogen and oxygen atoms in total. The molecule has 0 aliphatic carbocycles. The molecule has 2 atom stereocenters. The monoisotopic (exact) mass is 385 g/mol. The molecule has 1 aromatic carbocycles. The lowest BCUT2D eigenvalue weighted by Gasteiger charge is -2.22. The molecule has 8 heteroatoms. The molecule has 0 bridgehead atoms. The Morgan fingerprint density at radius 2 is 2.00 bits per heavy atom. The van der Waals surface area contributed by atoms with Gasteiger partial charge in [-0.15, -0.1) is 0 Å². The second kappa shape index (κ2) is 9.94. The molecule has 0 aromatic heterocycles. The summed E-state index contributed by atoms with van der Waals surface area (Å²) in [5.41, 5.74) is 1.29. The summed E-state index contributed by atoms with van der Waals surface area (Å²) in [5.74, 6) is 0.633. The molecule has 1 aliphatic rings. The van der Waals surface area contributed by atoms with Crippen LogP contribution in [0.15, 0.2) is 35.3 Å². The van der Waals surface area contributed by atoms with Crippen LogP contribution in [0, 0.1) is 0 Å². The van der Waals surface area contributed by atoms with Crippen molar-refractivity contribution in [2.45, 2.75) is 38.1 Å². The van der Waals surface area contributed by atoms with E-state index in [-0.39, 0.29) is 6.04 Å². The van der Waals surface area contributed by atoms with E-state index < -0.39 is 12.7 Å². The molecule has 1 heterocycles. The van der Waals surface area contributed by atoms with Gasteiger partial charge in [-0.25, -0.2) is 0 Å². The molecule has 2 unspecified atom stereocenters.